The number of aromatic nitrogens is 2. The Kier molecular flexibility index (Phi) is 6.60. The number of carbonyl (C=O) groups is 1. The Balaban J connectivity index is 0.00000225. The molecule has 28 heavy (non-hydrogen) atoms. The molecule has 1 amide bonds. The first-order valence-electron chi connectivity index (χ1n) is 9.49. The van der Waals surface area contributed by atoms with E-state index >= 15 is 0 Å². The minimum Gasteiger partial charge on any atom is -0.325 e. The van der Waals surface area contributed by atoms with Gasteiger partial charge in [0, 0.05) is 5.39 Å². The highest BCUT2D eigenvalue weighted by atomic mass is 35.5. The number of nitrogens with one attached hydrogen (secondary N) is 2. The SMILES string of the molecule is Cc1cc2c(NC(=O)Cc3ccc(CC4CCNC4)cc3)cccc2nn1.Cl. The molecule has 1 atom stereocenters. The molecule has 1 saturated heterocycles. The van der Waals surface area contributed by atoms with E-state index in [-0.39, 0.29) is 18.3 Å². The molecular weight excluding hydrogens is 372 g/mol. The lowest BCUT2D eigenvalue weighted by molar-refractivity contribution is -0.115. The van der Waals surface area contributed by atoms with E-state index in [2.05, 4.69) is 45.1 Å². The van der Waals surface area contributed by atoms with Gasteiger partial charge in [0.15, 0.2) is 0 Å². The number of amides is 1. The van der Waals surface area contributed by atoms with Crippen molar-refractivity contribution in [2.24, 2.45) is 5.92 Å². The molecule has 1 aliphatic rings. The number of nitrogens with zero attached hydrogens (tertiary/aromatic N) is 2. The molecule has 1 aliphatic heterocycles. The predicted octanol–water partition coefficient (Wildman–Crippen LogP) is 3.69. The molecule has 3 aromatic rings. The highest BCUT2D eigenvalue weighted by molar-refractivity contribution is 6.01. The van der Waals surface area contributed by atoms with Gasteiger partial charge in [0.1, 0.15) is 0 Å². The first-order valence-corrected chi connectivity index (χ1v) is 9.49. The Bertz CT molecular complexity index is 952. The molecule has 0 bridgehead atoms. The van der Waals surface area contributed by atoms with Crippen LogP contribution in [0.4, 0.5) is 5.69 Å². The number of benzene rings is 2. The van der Waals surface area contributed by atoms with Crippen molar-refractivity contribution < 1.29 is 4.79 Å². The third-order valence-corrected chi connectivity index (χ3v) is 5.10. The van der Waals surface area contributed by atoms with Crippen LogP contribution in [0.1, 0.15) is 23.2 Å². The molecule has 0 radical (unpaired) electrons. The van der Waals surface area contributed by atoms with Gasteiger partial charge in [-0.25, -0.2) is 0 Å². The van der Waals surface area contributed by atoms with E-state index in [0.717, 1.165) is 53.3 Å². The summed E-state index contributed by atoms with van der Waals surface area (Å²) in [6.45, 7) is 4.13. The largest absolute Gasteiger partial charge is 0.325 e. The highest BCUT2D eigenvalue weighted by Gasteiger charge is 2.15. The van der Waals surface area contributed by atoms with E-state index in [0.29, 0.717) is 6.42 Å². The lowest BCUT2D eigenvalue weighted by Crippen LogP contribution is -2.15. The zero-order valence-electron chi connectivity index (χ0n) is 15.9. The number of anilines is 1. The highest BCUT2D eigenvalue weighted by Crippen LogP contribution is 2.22. The Hall–Kier alpha value is -2.50. The molecular formula is C22H25ClN4O. The Morgan fingerprint density at radius 2 is 1.93 bits per heavy atom. The summed E-state index contributed by atoms with van der Waals surface area (Å²) in [5.41, 5.74) is 4.76. The van der Waals surface area contributed by atoms with Gasteiger partial charge in [-0.15, -0.1) is 12.4 Å². The Morgan fingerprint density at radius 1 is 1.14 bits per heavy atom. The van der Waals surface area contributed by atoms with Crippen molar-refractivity contribution in [2.75, 3.05) is 18.4 Å². The third kappa shape index (κ3) is 4.86. The summed E-state index contributed by atoms with van der Waals surface area (Å²) in [6, 6.07) is 16.1. The molecule has 1 unspecified atom stereocenters. The summed E-state index contributed by atoms with van der Waals surface area (Å²) in [5.74, 6) is 0.710. The van der Waals surface area contributed by atoms with E-state index < -0.39 is 0 Å². The first kappa shape index (κ1) is 20.2. The first-order chi connectivity index (χ1) is 13.2. The minimum atomic E-state index is -0.0234. The molecule has 2 N–H and O–H groups in total. The van der Waals surface area contributed by atoms with Crippen molar-refractivity contribution in [1.82, 2.24) is 15.5 Å². The molecule has 146 valence electrons. The summed E-state index contributed by atoms with van der Waals surface area (Å²) >= 11 is 0. The number of hydrogen-bond acceptors (Lipinski definition) is 4. The monoisotopic (exact) mass is 396 g/mol. The second kappa shape index (κ2) is 9.13. The number of hydrogen-bond donors (Lipinski definition) is 2. The Morgan fingerprint density at radius 3 is 2.68 bits per heavy atom. The zero-order valence-corrected chi connectivity index (χ0v) is 16.8. The van der Waals surface area contributed by atoms with Crippen LogP contribution in [0, 0.1) is 12.8 Å². The van der Waals surface area contributed by atoms with E-state index in [1.807, 2.05) is 31.2 Å². The number of carbonyl (C=O) groups excluding carboxylic acids is 1. The van der Waals surface area contributed by atoms with Gasteiger partial charge in [-0.05, 0) is 68.1 Å². The van der Waals surface area contributed by atoms with Crippen molar-refractivity contribution in [3.8, 4) is 0 Å². The maximum absolute atomic E-state index is 12.5. The maximum atomic E-state index is 12.5. The number of rotatable bonds is 5. The van der Waals surface area contributed by atoms with Crippen LogP contribution in [0.3, 0.4) is 0 Å². The fraction of sp³-hybridized carbons (Fsp3) is 0.318. The molecule has 0 saturated carbocycles. The molecule has 0 spiro atoms. The summed E-state index contributed by atoms with van der Waals surface area (Å²) in [6.07, 6.45) is 2.72. The topological polar surface area (TPSA) is 66.9 Å². The number of fused-ring (bicyclic) bond motifs is 1. The molecule has 5 nitrogen and oxygen atoms in total. The van der Waals surface area contributed by atoms with Crippen LogP contribution in [-0.4, -0.2) is 29.2 Å². The smallest absolute Gasteiger partial charge is 0.228 e. The van der Waals surface area contributed by atoms with Gasteiger partial charge >= 0.3 is 0 Å². The van der Waals surface area contributed by atoms with Crippen LogP contribution in [0.15, 0.2) is 48.5 Å². The molecule has 6 heteroatoms. The predicted molar refractivity (Wildman–Crippen MR) is 115 cm³/mol. The fourth-order valence-corrected chi connectivity index (χ4v) is 3.67. The quantitative estimate of drug-likeness (QED) is 0.690. The molecule has 2 aromatic carbocycles. The minimum absolute atomic E-state index is 0. The normalized spacial score (nSPS) is 16.0. The van der Waals surface area contributed by atoms with Crippen molar-refractivity contribution in [1.29, 1.82) is 0 Å². The maximum Gasteiger partial charge on any atom is 0.228 e. The number of halogens is 1. The van der Waals surface area contributed by atoms with Gasteiger partial charge in [-0.1, -0.05) is 30.3 Å². The summed E-state index contributed by atoms with van der Waals surface area (Å²) in [7, 11) is 0. The van der Waals surface area contributed by atoms with Gasteiger partial charge < -0.3 is 10.6 Å². The van der Waals surface area contributed by atoms with Crippen LogP contribution in [0.5, 0.6) is 0 Å². The molecule has 4 rings (SSSR count). The van der Waals surface area contributed by atoms with Crippen molar-refractivity contribution >= 4 is 34.9 Å². The zero-order chi connectivity index (χ0) is 18.6. The second-order valence-corrected chi connectivity index (χ2v) is 7.33. The molecule has 1 fully saturated rings. The molecule has 1 aromatic heterocycles. The van der Waals surface area contributed by atoms with E-state index in [1.54, 1.807) is 0 Å². The van der Waals surface area contributed by atoms with E-state index in [4.69, 9.17) is 0 Å². The van der Waals surface area contributed by atoms with Crippen LogP contribution in [-0.2, 0) is 17.6 Å². The average molecular weight is 397 g/mol. The van der Waals surface area contributed by atoms with E-state index in [9.17, 15) is 4.79 Å². The van der Waals surface area contributed by atoms with Gasteiger partial charge in [-0.2, -0.15) is 10.2 Å². The van der Waals surface area contributed by atoms with Crippen LogP contribution < -0.4 is 10.6 Å². The fourth-order valence-electron chi connectivity index (χ4n) is 3.67. The third-order valence-electron chi connectivity index (χ3n) is 5.10. The molecule has 2 heterocycles. The summed E-state index contributed by atoms with van der Waals surface area (Å²) in [4.78, 5) is 12.5. The lowest BCUT2D eigenvalue weighted by Gasteiger charge is -2.10. The second-order valence-electron chi connectivity index (χ2n) is 7.33. The lowest BCUT2D eigenvalue weighted by atomic mass is 9.97. The Labute approximate surface area is 171 Å². The van der Waals surface area contributed by atoms with Crippen LogP contribution in [0.2, 0.25) is 0 Å². The van der Waals surface area contributed by atoms with E-state index in [1.165, 1.54) is 12.0 Å². The van der Waals surface area contributed by atoms with Crippen LogP contribution >= 0.6 is 12.4 Å². The summed E-state index contributed by atoms with van der Waals surface area (Å²) < 4.78 is 0. The standard InChI is InChI=1S/C22H24N4O.ClH/c1-15-11-19-20(3-2-4-21(19)26-25-15)24-22(27)13-17-7-5-16(6-8-17)12-18-9-10-23-14-18;/h2-8,11,18,23H,9-10,12-14H2,1H3,(H,24,27);1H. The van der Waals surface area contributed by atoms with Gasteiger partial charge in [0.25, 0.3) is 0 Å². The summed E-state index contributed by atoms with van der Waals surface area (Å²) in [5, 5.41) is 15.6. The van der Waals surface area contributed by atoms with Gasteiger partial charge in [0.05, 0.1) is 23.3 Å². The molecule has 0 aliphatic carbocycles. The van der Waals surface area contributed by atoms with Crippen LogP contribution in [0.25, 0.3) is 10.9 Å². The van der Waals surface area contributed by atoms with Gasteiger partial charge in [-0.3, -0.25) is 4.79 Å². The van der Waals surface area contributed by atoms with Gasteiger partial charge in [0.2, 0.25) is 5.91 Å². The number of aryl methyl sites for hydroxylation is 1. The average Bonchev–Trinajstić information content (AvgIpc) is 3.17. The van der Waals surface area contributed by atoms with Crippen molar-refractivity contribution in [3.63, 3.8) is 0 Å². The van der Waals surface area contributed by atoms with Crippen molar-refractivity contribution in [3.05, 3.63) is 65.4 Å². The van der Waals surface area contributed by atoms with Crippen molar-refractivity contribution in [2.45, 2.75) is 26.2 Å².